The Morgan fingerprint density at radius 2 is 0.911 bits per heavy atom. The minimum absolute atomic E-state index is 0.0799. The first kappa shape index (κ1) is 31.0. The van der Waals surface area contributed by atoms with E-state index in [0.717, 1.165) is 58.2 Å². The minimum atomic E-state index is -0.281. The maximum atomic E-state index is 7.13. The molecule has 13 rings (SSSR count). The molecule has 4 aliphatic rings. The Morgan fingerprint density at radius 1 is 0.482 bits per heavy atom. The smallest absolute Gasteiger partial charge is 0.139 e. The van der Waals surface area contributed by atoms with E-state index in [-0.39, 0.29) is 22.7 Å². The van der Waals surface area contributed by atoms with Gasteiger partial charge in [-0.05, 0) is 48.2 Å². The molecule has 5 aromatic carbocycles. The summed E-state index contributed by atoms with van der Waals surface area (Å²) in [5.74, 6) is 4.19. The van der Waals surface area contributed by atoms with E-state index in [1.165, 1.54) is 77.2 Å². The Hall–Kier alpha value is -6.26. The monoisotopic (exact) mass is 726 g/mol. The van der Waals surface area contributed by atoms with Crippen LogP contribution in [0.5, 0.6) is 0 Å². The van der Waals surface area contributed by atoms with Crippen LogP contribution in [0.15, 0.2) is 127 Å². The Kier molecular flexibility index (Phi) is 5.71. The van der Waals surface area contributed by atoms with Crippen molar-refractivity contribution in [3.63, 3.8) is 0 Å². The van der Waals surface area contributed by atoms with Crippen molar-refractivity contribution in [2.75, 3.05) is 0 Å². The highest BCUT2D eigenvalue weighted by molar-refractivity contribution is 6.01. The normalized spacial score (nSPS) is 19.4. The third kappa shape index (κ3) is 3.71. The first-order valence-electron chi connectivity index (χ1n) is 20.0. The molecule has 4 heterocycles. The number of furan rings is 4. The number of rotatable bonds is 2. The summed E-state index contributed by atoms with van der Waals surface area (Å²) in [5, 5.41) is 4.70. The van der Waals surface area contributed by atoms with Crippen LogP contribution in [0.25, 0.3) is 78.7 Å². The van der Waals surface area contributed by atoms with E-state index < -0.39 is 0 Å². The highest BCUT2D eigenvalue weighted by atomic mass is 16.4. The van der Waals surface area contributed by atoms with Crippen molar-refractivity contribution in [3.05, 3.63) is 165 Å². The number of allylic oxidation sites excluding steroid dienone is 2. The second-order valence-electron chi connectivity index (χ2n) is 17.4. The van der Waals surface area contributed by atoms with E-state index in [4.69, 9.17) is 17.7 Å². The molecule has 4 aromatic heterocycles. The van der Waals surface area contributed by atoms with Gasteiger partial charge in [-0.25, -0.2) is 0 Å². The number of fused-ring (bicyclic) bond motifs is 16. The zero-order valence-electron chi connectivity index (χ0n) is 31.7. The average molecular weight is 727 g/mol. The predicted octanol–water partition coefficient (Wildman–Crippen LogP) is 14.4. The van der Waals surface area contributed by atoms with E-state index in [2.05, 4.69) is 137 Å². The van der Waals surface area contributed by atoms with Gasteiger partial charge in [0.1, 0.15) is 45.4 Å². The summed E-state index contributed by atoms with van der Waals surface area (Å²) in [6, 6.07) is 34.9. The summed E-state index contributed by atoms with van der Waals surface area (Å²) in [6.07, 6.45) is 10.8. The molecule has 0 saturated heterocycles. The molecule has 0 aliphatic heterocycles. The van der Waals surface area contributed by atoms with Gasteiger partial charge in [0.25, 0.3) is 0 Å². The molecule has 0 fully saturated rings. The molecular weight excluding hydrogens is 689 g/mol. The SMILES string of the molecule is CC1(C)c2cc3c(cc2-c2oc4c(C5CC=Cc6c5oc5ccccc65)cccc4c21)C(C)(C)c1c-3oc2c(C3CC=Cc4c3oc3ccccc43)cccc12. The van der Waals surface area contributed by atoms with Crippen molar-refractivity contribution in [1.29, 1.82) is 0 Å². The fraction of sp³-hybridized carbons (Fsp3) is 0.192. The molecular formula is C52H38O4. The lowest BCUT2D eigenvalue weighted by Gasteiger charge is -2.25. The summed E-state index contributed by atoms with van der Waals surface area (Å²) in [5.41, 5.74) is 15.5. The fourth-order valence-corrected chi connectivity index (χ4v) is 11.2. The van der Waals surface area contributed by atoms with Crippen molar-refractivity contribution < 1.29 is 17.7 Å². The van der Waals surface area contributed by atoms with Crippen molar-refractivity contribution in [1.82, 2.24) is 0 Å². The Bertz CT molecular complexity index is 3050. The zero-order valence-corrected chi connectivity index (χ0v) is 31.7. The highest BCUT2D eigenvalue weighted by Crippen LogP contribution is 2.60. The molecule has 270 valence electrons. The molecule has 4 aliphatic carbocycles. The van der Waals surface area contributed by atoms with Gasteiger partial charge in [-0.1, -0.05) is 125 Å². The number of para-hydroxylation sites is 4. The van der Waals surface area contributed by atoms with E-state index in [1.807, 2.05) is 12.1 Å². The quantitative estimate of drug-likeness (QED) is 0.178. The molecule has 0 spiro atoms. The number of hydrogen-bond acceptors (Lipinski definition) is 4. The van der Waals surface area contributed by atoms with Crippen molar-refractivity contribution in [2.24, 2.45) is 0 Å². The van der Waals surface area contributed by atoms with Crippen LogP contribution in [0.1, 0.15) is 108 Å². The average Bonchev–Trinajstić information content (AvgIpc) is 4.04. The molecule has 4 heteroatoms. The molecule has 9 aromatic rings. The maximum Gasteiger partial charge on any atom is 0.139 e. The van der Waals surface area contributed by atoms with Gasteiger partial charge in [0.2, 0.25) is 0 Å². The summed E-state index contributed by atoms with van der Waals surface area (Å²) in [6.45, 7) is 9.41. The summed E-state index contributed by atoms with van der Waals surface area (Å²) < 4.78 is 27.4. The van der Waals surface area contributed by atoms with E-state index in [1.54, 1.807) is 0 Å². The van der Waals surface area contributed by atoms with Crippen LogP contribution < -0.4 is 0 Å². The first-order chi connectivity index (χ1) is 27.3. The molecule has 0 amide bonds. The predicted molar refractivity (Wildman–Crippen MR) is 225 cm³/mol. The summed E-state index contributed by atoms with van der Waals surface area (Å²) >= 11 is 0. The standard InChI is InChI=1S/C52H38O4/c1-51(2)39-25-38-40(26-37(39)49-43(51)35-21-11-19-33(47(35)55-49)31-17-9-15-29-27-13-5-7-23-41(27)53-45(29)31)52(3,4)44-36-22-12-20-34(48(36)56-50(38)44)32-18-10-16-30-28-14-6-8-24-42(28)54-46(30)32/h5-16,19-26,31-32H,17-18H2,1-4H3. The van der Waals surface area contributed by atoms with Gasteiger partial charge in [0, 0.05) is 88.7 Å². The zero-order chi connectivity index (χ0) is 37.2. The molecule has 0 bridgehead atoms. The van der Waals surface area contributed by atoms with Gasteiger partial charge in [0.05, 0.1) is 0 Å². The van der Waals surface area contributed by atoms with E-state index in [0.29, 0.717) is 0 Å². The lowest BCUT2D eigenvalue weighted by Crippen LogP contribution is -2.17. The van der Waals surface area contributed by atoms with Crippen LogP contribution in [0.2, 0.25) is 0 Å². The van der Waals surface area contributed by atoms with Gasteiger partial charge in [-0.3, -0.25) is 0 Å². The van der Waals surface area contributed by atoms with Crippen LogP contribution in [0.3, 0.4) is 0 Å². The third-order valence-corrected chi connectivity index (χ3v) is 13.8. The van der Waals surface area contributed by atoms with Crippen LogP contribution in [-0.2, 0) is 10.8 Å². The van der Waals surface area contributed by atoms with Gasteiger partial charge >= 0.3 is 0 Å². The largest absolute Gasteiger partial charge is 0.460 e. The summed E-state index contributed by atoms with van der Waals surface area (Å²) in [7, 11) is 0. The molecule has 0 radical (unpaired) electrons. The molecule has 0 saturated carbocycles. The van der Waals surface area contributed by atoms with Gasteiger partial charge < -0.3 is 17.7 Å². The molecule has 2 unspecified atom stereocenters. The second-order valence-corrected chi connectivity index (χ2v) is 17.4. The number of benzene rings is 5. The second kappa shape index (κ2) is 10.3. The van der Waals surface area contributed by atoms with Crippen molar-refractivity contribution in [3.8, 4) is 22.6 Å². The van der Waals surface area contributed by atoms with Gasteiger partial charge in [-0.15, -0.1) is 0 Å². The van der Waals surface area contributed by atoms with E-state index in [9.17, 15) is 0 Å². The fourth-order valence-electron chi connectivity index (χ4n) is 11.2. The Balaban J connectivity index is 0.960. The summed E-state index contributed by atoms with van der Waals surface area (Å²) in [4.78, 5) is 0. The molecule has 2 atom stereocenters. The molecule has 4 nitrogen and oxygen atoms in total. The Labute approximate surface area is 323 Å². The van der Waals surface area contributed by atoms with Gasteiger partial charge in [0.15, 0.2) is 0 Å². The molecule has 56 heavy (non-hydrogen) atoms. The van der Waals surface area contributed by atoms with Crippen molar-refractivity contribution >= 4 is 56.0 Å². The van der Waals surface area contributed by atoms with E-state index >= 15 is 0 Å². The lowest BCUT2D eigenvalue weighted by molar-refractivity contribution is 0.513. The third-order valence-electron chi connectivity index (χ3n) is 13.8. The minimum Gasteiger partial charge on any atom is -0.460 e. The number of hydrogen-bond donors (Lipinski definition) is 0. The first-order valence-corrected chi connectivity index (χ1v) is 20.0. The van der Waals surface area contributed by atoms with Gasteiger partial charge in [-0.2, -0.15) is 0 Å². The highest BCUT2D eigenvalue weighted by Gasteiger charge is 2.47. The Morgan fingerprint density at radius 3 is 1.38 bits per heavy atom. The van der Waals surface area contributed by atoms with Crippen LogP contribution in [0.4, 0.5) is 0 Å². The lowest BCUT2D eigenvalue weighted by atomic mass is 9.77. The maximum absolute atomic E-state index is 7.13. The topological polar surface area (TPSA) is 52.6 Å². The molecule has 0 N–H and O–H groups in total. The van der Waals surface area contributed by atoms with Crippen LogP contribution in [-0.4, -0.2) is 0 Å². The van der Waals surface area contributed by atoms with Crippen LogP contribution in [0, 0.1) is 0 Å². The van der Waals surface area contributed by atoms with Crippen LogP contribution >= 0.6 is 0 Å². The van der Waals surface area contributed by atoms with Crippen molar-refractivity contribution in [2.45, 2.75) is 63.2 Å².